The first kappa shape index (κ1) is 20.3. The van der Waals surface area contributed by atoms with Crippen LogP contribution in [0.1, 0.15) is 36.4 Å². The highest BCUT2D eigenvalue weighted by Gasteiger charge is 2.32. The smallest absolute Gasteiger partial charge is 0.227 e. The molecule has 3 atom stereocenters. The second-order valence-electron chi connectivity index (χ2n) is 6.77. The number of benzene rings is 2. The maximum Gasteiger partial charge on any atom is 0.227 e. The van der Waals surface area contributed by atoms with Crippen LogP contribution in [0.2, 0.25) is 0 Å². The number of hydrogen-bond donors (Lipinski definition) is 1. The third kappa shape index (κ3) is 4.37. The maximum absolute atomic E-state index is 12.9. The Morgan fingerprint density at radius 2 is 1.81 bits per heavy atom. The second-order valence-corrected chi connectivity index (χ2v) is 6.77. The Hall–Kier alpha value is -2.04. The Morgan fingerprint density at radius 3 is 2.42 bits per heavy atom. The summed E-state index contributed by atoms with van der Waals surface area (Å²) in [6.07, 6.45) is 0.991. The molecule has 3 unspecified atom stereocenters. The van der Waals surface area contributed by atoms with E-state index in [0.717, 1.165) is 30.8 Å². The molecule has 0 aromatic heterocycles. The first-order valence-corrected chi connectivity index (χ1v) is 8.83. The van der Waals surface area contributed by atoms with Crippen molar-refractivity contribution < 1.29 is 9.53 Å². The normalized spacial score (nSPS) is 18.7. The van der Waals surface area contributed by atoms with Crippen LogP contribution in [0.5, 0.6) is 5.75 Å². The van der Waals surface area contributed by atoms with Crippen molar-refractivity contribution >= 4 is 18.3 Å². The minimum absolute atomic E-state index is 0. The van der Waals surface area contributed by atoms with Gasteiger partial charge in [-0.25, -0.2) is 0 Å². The Bertz CT molecular complexity index is 706. The number of nitrogens with zero attached hydrogens (tertiary/aromatic N) is 1. The Kier molecular flexibility index (Phi) is 7.06. The van der Waals surface area contributed by atoms with Gasteiger partial charge in [0, 0.05) is 25.0 Å². The lowest BCUT2D eigenvalue weighted by Crippen LogP contribution is -2.38. The van der Waals surface area contributed by atoms with Gasteiger partial charge in [0.2, 0.25) is 5.91 Å². The lowest BCUT2D eigenvalue weighted by Gasteiger charge is -2.25. The van der Waals surface area contributed by atoms with Gasteiger partial charge < -0.3 is 15.4 Å². The molecule has 0 aliphatic carbocycles. The Labute approximate surface area is 161 Å². The van der Waals surface area contributed by atoms with Gasteiger partial charge in [0.15, 0.2) is 0 Å². The van der Waals surface area contributed by atoms with E-state index in [2.05, 4.69) is 12.1 Å². The van der Waals surface area contributed by atoms with E-state index in [1.165, 1.54) is 5.56 Å². The molecule has 140 valence electrons. The van der Waals surface area contributed by atoms with Gasteiger partial charge in [0.25, 0.3) is 0 Å². The van der Waals surface area contributed by atoms with Crippen molar-refractivity contribution in [2.75, 3.05) is 20.2 Å². The maximum atomic E-state index is 12.9. The molecule has 5 heteroatoms. The van der Waals surface area contributed by atoms with E-state index in [-0.39, 0.29) is 30.3 Å². The molecule has 0 saturated carbocycles. The number of nitrogens with two attached hydrogens (primary N) is 1. The number of amides is 1. The highest BCUT2D eigenvalue weighted by atomic mass is 35.5. The van der Waals surface area contributed by atoms with E-state index in [0.29, 0.717) is 5.92 Å². The van der Waals surface area contributed by atoms with Crippen molar-refractivity contribution in [3.63, 3.8) is 0 Å². The van der Waals surface area contributed by atoms with E-state index in [1.54, 1.807) is 7.11 Å². The highest BCUT2D eigenvalue weighted by molar-refractivity contribution is 5.85. The summed E-state index contributed by atoms with van der Waals surface area (Å²) in [4.78, 5) is 14.8. The predicted molar refractivity (Wildman–Crippen MR) is 107 cm³/mol. The Morgan fingerprint density at radius 1 is 1.15 bits per heavy atom. The fourth-order valence-electron chi connectivity index (χ4n) is 3.51. The van der Waals surface area contributed by atoms with E-state index in [1.807, 2.05) is 54.3 Å². The minimum atomic E-state index is -0.270. The van der Waals surface area contributed by atoms with Crippen LogP contribution in [0.15, 0.2) is 54.6 Å². The van der Waals surface area contributed by atoms with E-state index in [4.69, 9.17) is 10.5 Å². The molecular weight excluding hydrogens is 348 g/mol. The molecule has 1 fully saturated rings. The van der Waals surface area contributed by atoms with Gasteiger partial charge in [-0.2, -0.15) is 0 Å². The summed E-state index contributed by atoms with van der Waals surface area (Å²) in [6, 6.07) is 17.7. The number of carbonyl (C=O) groups excluding carboxylic acids is 1. The van der Waals surface area contributed by atoms with E-state index in [9.17, 15) is 4.79 Å². The summed E-state index contributed by atoms with van der Waals surface area (Å²) in [5, 5.41) is 0. The fraction of sp³-hybridized carbons (Fsp3) is 0.381. The fourth-order valence-corrected chi connectivity index (χ4v) is 3.51. The highest BCUT2D eigenvalue weighted by Crippen LogP contribution is 2.30. The zero-order chi connectivity index (χ0) is 17.8. The number of likely N-dealkylation sites (tertiary alicyclic amines) is 1. The minimum Gasteiger partial charge on any atom is -0.497 e. The zero-order valence-electron chi connectivity index (χ0n) is 15.3. The van der Waals surface area contributed by atoms with Crippen LogP contribution in [0.4, 0.5) is 0 Å². The number of rotatable bonds is 5. The first-order valence-electron chi connectivity index (χ1n) is 8.83. The quantitative estimate of drug-likeness (QED) is 0.866. The average Bonchev–Trinajstić information content (AvgIpc) is 3.17. The zero-order valence-corrected chi connectivity index (χ0v) is 16.1. The van der Waals surface area contributed by atoms with E-state index < -0.39 is 0 Å². The number of methoxy groups -OCH3 is 1. The summed E-state index contributed by atoms with van der Waals surface area (Å²) in [5.74, 6) is 1.16. The topological polar surface area (TPSA) is 55.6 Å². The van der Waals surface area contributed by atoms with Gasteiger partial charge in [-0.1, -0.05) is 49.4 Å². The van der Waals surface area contributed by atoms with E-state index >= 15 is 0 Å². The van der Waals surface area contributed by atoms with Crippen LogP contribution in [-0.2, 0) is 4.79 Å². The van der Waals surface area contributed by atoms with Crippen LogP contribution in [0, 0.1) is 5.92 Å². The molecule has 26 heavy (non-hydrogen) atoms. The number of carbonyl (C=O) groups is 1. The Balaban J connectivity index is 0.00000243. The molecule has 2 aromatic carbocycles. The van der Waals surface area contributed by atoms with Gasteiger partial charge in [0.1, 0.15) is 5.75 Å². The van der Waals surface area contributed by atoms with Crippen molar-refractivity contribution in [1.29, 1.82) is 0 Å². The first-order chi connectivity index (χ1) is 12.1. The molecule has 1 heterocycles. The van der Waals surface area contributed by atoms with Crippen LogP contribution in [0.3, 0.4) is 0 Å². The van der Waals surface area contributed by atoms with Gasteiger partial charge in [-0.3, -0.25) is 4.79 Å². The van der Waals surface area contributed by atoms with Crippen LogP contribution in [0.25, 0.3) is 0 Å². The standard InChI is InChI=1S/C21H26N2O2.ClH/c1-15(20(22)17-6-4-3-5-7-17)21(24)23-13-12-18(14-23)16-8-10-19(25-2)11-9-16;/h3-11,15,18,20H,12-14,22H2,1-2H3;1H. The van der Waals surface area contributed by atoms with Crippen molar-refractivity contribution in [3.05, 3.63) is 65.7 Å². The third-order valence-corrected chi connectivity index (χ3v) is 5.20. The van der Waals surface area contributed by atoms with Gasteiger partial charge in [-0.15, -0.1) is 12.4 Å². The number of hydrogen-bond acceptors (Lipinski definition) is 3. The molecule has 0 bridgehead atoms. The molecule has 1 aliphatic heterocycles. The summed E-state index contributed by atoms with van der Waals surface area (Å²) in [5.41, 5.74) is 8.59. The molecule has 2 N–H and O–H groups in total. The SMILES string of the molecule is COc1ccc(C2CCN(C(=O)C(C)C(N)c3ccccc3)C2)cc1.Cl. The molecular formula is C21H27ClN2O2. The lowest BCUT2D eigenvalue weighted by atomic mass is 9.94. The predicted octanol–water partition coefficient (Wildman–Crippen LogP) is 3.77. The average molecular weight is 375 g/mol. The molecule has 0 spiro atoms. The van der Waals surface area contributed by atoms with Crippen LogP contribution >= 0.6 is 12.4 Å². The van der Waals surface area contributed by atoms with Crippen molar-refractivity contribution in [3.8, 4) is 5.75 Å². The summed E-state index contributed by atoms with van der Waals surface area (Å²) in [6.45, 7) is 3.49. The number of halogens is 1. The van der Waals surface area contributed by atoms with Gasteiger partial charge in [-0.05, 0) is 29.7 Å². The largest absolute Gasteiger partial charge is 0.497 e. The van der Waals surface area contributed by atoms with Gasteiger partial charge in [0.05, 0.1) is 13.0 Å². The number of ether oxygens (including phenoxy) is 1. The van der Waals surface area contributed by atoms with Gasteiger partial charge >= 0.3 is 0 Å². The summed E-state index contributed by atoms with van der Waals surface area (Å²) < 4.78 is 5.21. The molecule has 2 aromatic rings. The molecule has 0 radical (unpaired) electrons. The van der Waals surface area contributed by atoms with Crippen molar-refractivity contribution in [2.24, 2.45) is 11.7 Å². The monoisotopic (exact) mass is 374 g/mol. The molecule has 1 amide bonds. The van der Waals surface area contributed by atoms with Crippen LogP contribution < -0.4 is 10.5 Å². The molecule has 1 saturated heterocycles. The summed E-state index contributed by atoms with van der Waals surface area (Å²) >= 11 is 0. The van der Waals surface area contributed by atoms with Crippen molar-refractivity contribution in [2.45, 2.75) is 25.3 Å². The lowest BCUT2D eigenvalue weighted by molar-refractivity contribution is -0.134. The molecule has 4 nitrogen and oxygen atoms in total. The second kappa shape index (κ2) is 9.06. The molecule has 1 aliphatic rings. The molecule has 3 rings (SSSR count). The van der Waals surface area contributed by atoms with Crippen molar-refractivity contribution in [1.82, 2.24) is 4.90 Å². The van der Waals surface area contributed by atoms with Crippen LogP contribution in [-0.4, -0.2) is 31.0 Å². The third-order valence-electron chi connectivity index (χ3n) is 5.20. The summed E-state index contributed by atoms with van der Waals surface area (Å²) in [7, 11) is 1.67.